The van der Waals surface area contributed by atoms with Gasteiger partial charge in [0.2, 0.25) is 0 Å². The summed E-state index contributed by atoms with van der Waals surface area (Å²) >= 11 is 5.61. The normalized spacial score (nSPS) is 10.2. The first kappa shape index (κ1) is 11.5. The molecule has 0 aliphatic rings. The molecule has 0 saturated heterocycles. The van der Waals surface area contributed by atoms with Crippen molar-refractivity contribution in [3.05, 3.63) is 46.5 Å². The smallest absolute Gasteiger partial charge is 0.273 e. The topological polar surface area (TPSA) is 70.7 Å². The number of halogens is 2. The molecule has 17 heavy (non-hydrogen) atoms. The van der Waals surface area contributed by atoms with E-state index in [0.29, 0.717) is 5.56 Å². The molecular formula is C10H8ClFN4O. The Bertz CT molecular complexity index is 529. The number of nitrogens with zero attached hydrogens (tertiary/aromatic N) is 2. The van der Waals surface area contributed by atoms with Gasteiger partial charge in [0.1, 0.15) is 5.82 Å². The number of nitrogens with one attached hydrogen (secondary N) is 2. The van der Waals surface area contributed by atoms with Gasteiger partial charge < -0.3 is 5.32 Å². The van der Waals surface area contributed by atoms with Crippen molar-refractivity contribution < 1.29 is 9.18 Å². The molecule has 0 saturated carbocycles. The Morgan fingerprint density at radius 3 is 3.00 bits per heavy atom. The van der Waals surface area contributed by atoms with Gasteiger partial charge in [0.05, 0.1) is 11.2 Å². The molecule has 1 aromatic carbocycles. The van der Waals surface area contributed by atoms with Crippen LogP contribution in [0.1, 0.15) is 16.1 Å². The third-order valence-electron chi connectivity index (χ3n) is 2.08. The van der Waals surface area contributed by atoms with Gasteiger partial charge in [0.25, 0.3) is 5.91 Å². The molecule has 2 aromatic rings. The molecule has 1 amide bonds. The number of benzene rings is 1. The lowest BCUT2D eigenvalue weighted by Crippen LogP contribution is -2.23. The predicted molar refractivity (Wildman–Crippen MR) is 59.0 cm³/mol. The number of hydrogen-bond donors (Lipinski definition) is 2. The summed E-state index contributed by atoms with van der Waals surface area (Å²) < 4.78 is 12.9. The highest BCUT2D eigenvalue weighted by Crippen LogP contribution is 2.15. The van der Waals surface area contributed by atoms with Crippen LogP contribution in [0.25, 0.3) is 0 Å². The molecule has 2 rings (SSSR count). The van der Waals surface area contributed by atoms with Gasteiger partial charge in [-0.05, 0) is 17.7 Å². The van der Waals surface area contributed by atoms with E-state index >= 15 is 0 Å². The third-order valence-corrected chi connectivity index (χ3v) is 2.37. The van der Waals surface area contributed by atoms with E-state index in [1.165, 1.54) is 18.3 Å². The summed E-state index contributed by atoms with van der Waals surface area (Å²) in [6, 6.07) is 4.25. The monoisotopic (exact) mass is 254 g/mol. The van der Waals surface area contributed by atoms with Crippen molar-refractivity contribution in [1.29, 1.82) is 0 Å². The predicted octanol–water partition coefficient (Wildman–Crippen LogP) is 1.53. The number of amides is 1. The van der Waals surface area contributed by atoms with Crippen molar-refractivity contribution in [1.82, 2.24) is 20.7 Å². The Morgan fingerprint density at radius 1 is 1.53 bits per heavy atom. The SMILES string of the molecule is O=C(NCc1ccc(F)c(Cl)c1)c1cn[nH]n1. The van der Waals surface area contributed by atoms with Gasteiger partial charge >= 0.3 is 0 Å². The quantitative estimate of drug-likeness (QED) is 0.873. The van der Waals surface area contributed by atoms with Crippen LogP contribution in [0.3, 0.4) is 0 Å². The Kier molecular flexibility index (Phi) is 3.34. The van der Waals surface area contributed by atoms with Crippen molar-refractivity contribution in [3.8, 4) is 0 Å². The van der Waals surface area contributed by atoms with Crippen LogP contribution in [-0.4, -0.2) is 21.3 Å². The standard InChI is InChI=1S/C10H8ClFN4O/c11-7-3-6(1-2-8(7)12)4-13-10(17)9-5-14-16-15-9/h1-3,5H,4H2,(H,13,17)(H,14,15,16). The van der Waals surface area contributed by atoms with Gasteiger partial charge in [0.15, 0.2) is 5.69 Å². The summed E-state index contributed by atoms with van der Waals surface area (Å²) in [5, 5.41) is 12.1. The maximum absolute atomic E-state index is 12.9. The first-order valence-corrected chi connectivity index (χ1v) is 5.12. The van der Waals surface area contributed by atoms with Crippen LogP contribution in [0, 0.1) is 5.82 Å². The minimum atomic E-state index is -0.488. The molecule has 7 heteroatoms. The summed E-state index contributed by atoms with van der Waals surface area (Å²) in [6.45, 7) is 0.242. The molecule has 1 heterocycles. The molecule has 0 unspecified atom stereocenters. The number of rotatable bonds is 3. The second-order valence-electron chi connectivity index (χ2n) is 3.29. The molecule has 0 radical (unpaired) electrons. The van der Waals surface area contributed by atoms with Crippen LogP contribution in [0.5, 0.6) is 0 Å². The zero-order valence-corrected chi connectivity index (χ0v) is 9.33. The molecule has 0 bridgehead atoms. The summed E-state index contributed by atoms with van der Waals surface area (Å²) in [6.07, 6.45) is 1.31. The second-order valence-corrected chi connectivity index (χ2v) is 3.69. The van der Waals surface area contributed by atoms with Crippen molar-refractivity contribution >= 4 is 17.5 Å². The summed E-state index contributed by atoms with van der Waals surface area (Å²) in [5.41, 5.74) is 0.895. The van der Waals surface area contributed by atoms with Gasteiger partial charge in [-0.25, -0.2) is 4.39 Å². The minimum Gasteiger partial charge on any atom is -0.347 e. The van der Waals surface area contributed by atoms with E-state index in [9.17, 15) is 9.18 Å². The molecule has 2 N–H and O–H groups in total. The van der Waals surface area contributed by atoms with Crippen molar-refractivity contribution in [2.45, 2.75) is 6.54 Å². The molecule has 1 aromatic heterocycles. The van der Waals surface area contributed by atoms with Crippen LogP contribution in [-0.2, 0) is 6.54 Å². The average Bonchev–Trinajstić information content (AvgIpc) is 2.84. The second kappa shape index (κ2) is 4.92. The fourth-order valence-electron chi connectivity index (χ4n) is 1.23. The van der Waals surface area contributed by atoms with E-state index in [2.05, 4.69) is 20.7 Å². The van der Waals surface area contributed by atoms with Crippen LogP contribution >= 0.6 is 11.6 Å². The highest BCUT2D eigenvalue weighted by molar-refractivity contribution is 6.30. The molecule has 0 atom stereocenters. The maximum Gasteiger partial charge on any atom is 0.273 e. The molecule has 0 spiro atoms. The van der Waals surface area contributed by atoms with Gasteiger partial charge in [-0.3, -0.25) is 4.79 Å². The van der Waals surface area contributed by atoms with Crippen LogP contribution in [0.4, 0.5) is 4.39 Å². The number of H-pyrrole nitrogens is 1. The summed E-state index contributed by atoms with van der Waals surface area (Å²) in [7, 11) is 0. The Balaban J connectivity index is 1.98. The lowest BCUT2D eigenvalue weighted by Gasteiger charge is -2.04. The number of carbonyl (C=O) groups is 1. The Labute approximate surface area is 101 Å². The lowest BCUT2D eigenvalue weighted by atomic mass is 10.2. The minimum absolute atomic E-state index is 0.0261. The van der Waals surface area contributed by atoms with E-state index < -0.39 is 5.82 Å². The van der Waals surface area contributed by atoms with E-state index in [-0.39, 0.29) is 23.2 Å². The molecule has 88 valence electrons. The number of hydrogen-bond acceptors (Lipinski definition) is 3. The van der Waals surface area contributed by atoms with E-state index in [4.69, 9.17) is 11.6 Å². The fraction of sp³-hybridized carbons (Fsp3) is 0.100. The highest BCUT2D eigenvalue weighted by Gasteiger charge is 2.08. The van der Waals surface area contributed by atoms with E-state index in [1.807, 2.05) is 0 Å². The molecular weight excluding hydrogens is 247 g/mol. The zero-order valence-electron chi connectivity index (χ0n) is 8.58. The van der Waals surface area contributed by atoms with Crippen LogP contribution in [0.2, 0.25) is 5.02 Å². The lowest BCUT2D eigenvalue weighted by molar-refractivity contribution is 0.0946. The van der Waals surface area contributed by atoms with Crippen molar-refractivity contribution in [3.63, 3.8) is 0 Å². The van der Waals surface area contributed by atoms with Crippen LogP contribution < -0.4 is 5.32 Å². The van der Waals surface area contributed by atoms with Crippen LogP contribution in [0.15, 0.2) is 24.4 Å². The summed E-state index contributed by atoms with van der Waals surface area (Å²) in [5.74, 6) is -0.850. The van der Waals surface area contributed by atoms with Gasteiger partial charge in [-0.2, -0.15) is 15.4 Å². The van der Waals surface area contributed by atoms with Crippen molar-refractivity contribution in [2.24, 2.45) is 0 Å². The Morgan fingerprint density at radius 2 is 2.35 bits per heavy atom. The first-order valence-electron chi connectivity index (χ1n) is 4.74. The van der Waals surface area contributed by atoms with Gasteiger partial charge in [-0.15, -0.1) is 0 Å². The fourth-order valence-corrected chi connectivity index (χ4v) is 1.44. The number of aromatic nitrogens is 3. The maximum atomic E-state index is 12.9. The summed E-state index contributed by atoms with van der Waals surface area (Å²) in [4.78, 5) is 11.5. The average molecular weight is 255 g/mol. The van der Waals surface area contributed by atoms with Gasteiger partial charge in [0, 0.05) is 6.54 Å². The largest absolute Gasteiger partial charge is 0.347 e. The Hall–Kier alpha value is -1.95. The molecule has 0 aliphatic heterocycles. The van der Waals surface area contributed by atoms with Gasteiger partial charge in [-0.1, -0.05) is 17.7 Å². The zero-order chi connectivity index (χ0) is 12.3. The van der Waals surface area contributed by atoms with E-state index in [1.54, 1.807) is 6.07 Å². The first-order chi connectivity index (χ1) is 8.16. The van der Waals surface area contributed by atoms with E-state index in [0.717, 1.165) is 0 Å². The number of carbonyl (C=O) groups excluding carboxylic acids is 1. The molecule has 0 fully saturated rings. The molecule has 0 aliphatic carbocycles. The highest BCUT2D eigenvalue weighted by atomic mass is 35.5. The number of aromatic amines is 1. The molecule has 5 nitrogen and oxygen atoms in total. The van der Waals surface area contributed by atoms with Crippen molar-refractivity contribution in [2.75, 3.05) is 0 Å². The third kappa shape index (κ3) is 2.79.